The summed E-state index contributed by atoms with van der Waals surface area (Å²) in [4.78, 5) is 33.7. The number of carbonyl (C=O) groups excluding carboxylic acids is 2. The first-order valence-corrected chi connectivity index (χ1v) is 13.9. The molecule has 2 saturated heterocycles. The Morgan fingerprint density at radius 2 is 1.66 bits per heavy atom. The number of nitrogens with one attached hydrogen (secondary N) is 1. The lowest BCUT2D eigenvalue weighted by atomic mass is 9.80. The summed E-state index contributed by atoms with van der Waals surface area (Å²) in [5.74, 6) is 0.540. The fourth-order valence-corrected chi connectivity index (χ4v) is 6.11. The van der Waals surface area contributed by atoms with Gasteiger partial charge >= 0.3 is 0 Å². The first-order chi connectivity index (χ1) is 16.9. The summed E-state index contributed by atoms with van der Waals surface area (Å²) < 4.78 is 0. The summed E-state index contributed by atoms with van der Waals surface area (Å²) in [6.07, 6.45) is 4.05. The Hall–Kier alpha value is -2.31. The van der Waals surface area contributed by atoms with E-state index in [1.54, 1.807) is 11.8 Å². The molecule has 0 aliphatic carbocycles. The normalized spacial score (nSPS) is 20.5. The predicted molar refractivity (Wildman–Crippen MR) is 142 cm³/mol. The maximum atomic E-state index is 13.4. The van der Waals surface area contributed by atoms with E-state index in [2.05, 4.69) is 79.5 Å². The maximum absolute atomic E-state index is 13.4. The summed E-state index contributed by atoms with van der Waals surface area (Å²) in [5.41, 5.74) is 0.592. The van der Waals surface area contributed by atoms with Crippen LogP contribution in [-0.4, -0.2) is 52.8 Å². The quantitative estimate of drug-likeness (QED) is 0.512. The minimum absolute atomic E-state index is 0.0563. The summed E-state index contributed by atoms with van der Waals surface area (Å²) >= 11 is 1.77. The molecule has 0 unspecified atom stereocenters. The van der Waals surface area contributed by atoms with E-state index in [1.807, 2.05) is 11.0 Å². The molecule has 0 bridgehead atoms. The van der Waals surface area contributed by atoms with Crippen LogP contribution >= 0.6 is 11.8 Å². The molecule has 0 radical (unpaired) electrons. The van der Waals surface area contributed by atoms with Crippen molar-refractivity contribution < 1.29 is 9.59 Å². The lowest BCUT2D eigenvalue weighted by Crippen LogP contribution is -2.73. The number of rotatable bonds is 9. The van der Waals surface area contributed by atoms with Gasteiger partial charge in [-0.1, -0.05) is 69.3 Å². The summed E-state index contributed by atoms with van der Waals surface area (Å²) in [7, 11) is 0. The summed E-state index contributed by atoms with van der Waals surface area (Å²) in [6, 6.07) is 18.8. The van der Waals surface area contributed by atoms with Gasteiger partial charge in [0.2, 0.25) is 11.8 Å². The molecule has 188 valence electrons. The second-order valence-corrected chi connectivity index (χ2v) is 11.5. The highest BCUT2D eigenvalue weighted by Crippen LogP contribution is 2.35. The number of nitrogens with zero attached hydrogens (tertiary/aromatic N) is 2. The molecule has 1 spiro atoms. The molecule has 2 aromatic rings. The van der Waals surface area contributed by atoms with E-state index in [1.165, 1.54) is 15.4 Å². The summed E-state index contributed by atoms with van der Waals surface area (Å²) in [5, 5.41) is 3.10. The average Bonchev–Trinajstić information content (AvgIpc) is 2.85. The van der Waals surface area contributed by atoms with Crippen molar-refractivity contribution in [2.75, 3.05) is 19.6 Å². The van der Waals surface area contributed by atoms with Crippen LogP contribution in [0.1, 0.15) is 58.4 Å². The molecule has 35 heavy (non-hydrogen) atoms. The molecular formula is C29H39N3O2S. The largest absolute Gasteiger partial charge is 0.342 e. The molecular weight excluding hydrogens is 454 g/mol. The zero-order valence-electron chi connectivity index (χ0n) is 21.3. The highest BCUT2D eigenvalue weighted by atomic mass is 32.2. The van der Waals surface area contributed by atoms with Crippen molar-refractivity contribution in [2.45, 2.75) is 80.8 Å². The fourth-order valence-electron chi connectivity index (χ4n) is 5.27. The Bertz CT molecular complexity index is 985. The molecule has 2 aliphatic rings. The van der Waals surface area contributed by atoms with Crippen molar-refractivity contribution >= 4 is 23.6 Å². The monoisotopic (exact) mass is 493 g/mol. The van der Waals surface area contributed by atoms with Crippen LogP contribution in [0, 0.1) is 5.92 Å². The molecule has 2 amide bonds. The molecule has 0 saturated carbocycles. The second-order valence-electron chi connectivity index (χ2n) is 10.4. The Labute approximate surface area is 214 Å². The molecule has 2 aromatic carbocycles. The third-order valence-corrected chi connectivity index (χ3v) is 8.26. The Kier molecular flexibility index (Phi) is 8.55. The van der Waals surface area contributed by atoms with Crippen molar-refractivity contribution in [1.29, 1.82) is 0 Å². The number of carbonyl (C=O) groups is 2. The highest BCUT2D eigenvalue weighted by Gasteiger charge is 2.53. The van der Waals surface area contributed by atoms with Gasteiger partial charge < -0.3 is 10.2 Å². The van der Waals surface area contributed by atoms with Gasteiger partial charge in [-0.2, -0.15) is 0 Å². The molecule has 2 fully saturated rings. The summed E-state index contributed by atoms with van der Waals surface area (Å²) in [6.45, 7) is 9.53. The van der Waals surface area contributed by atoms with Crippen LogP contribution in [0.3, 0.4) is 0 Å². The molecule has 1 atom stereocenters. The van der Waals surface area contributed by atoms with Gasteiger partial charge in [0.15, 0.2) is 0 Å². The highest BCUT2D eigenvalue weighted by molar-refractivity contribution is 7.99. The number of likely N-dealkylation sites (tertiary alicyclic amines) is 1. The van der Waals surface area contributed by atoms with Crippen molar-refractivity contribution in [1.82, 2.24) is 15.1 Å². The van der Waals surface area contributed by atoms with Crippen molar-refractivity contribution in [2.24, 2.45) is 5.92 Å². The van der Waals surface area contributed by atoms with Crippen molar-refractivity contribution in [3.8, 4) is 0 Å². The Balaban J connectivity index is 1.38. The average molecular weight is 494 g/mol. The van der Waals surface area contributed by atoms with E-state index >= 15 is 0 Å². The minimum Gasteiger partial charge on any atom is -0.342 e. The number of hydrogen-bond donors (Lipinski definition) is 1. The van der Waals surface area contributed by atoms with Gasteiger partial charge in [0.05, 0.1) is 0 Å². The van der Waals surface area contributed by atoms with Crippen LogP contribution in [0.5, 0.6) is 0 Å². The molecule has 5 nitrogen and oxygen atoms in total. The van der Waals surface area contributed by atoms with Gasteiger partial charge in [0.25, 0.3) is 0 Å². The number of piperazine rings is 1. The Morgan fingerprint density at radius 1 is 1.00 bits per heavy atom. The predicted octanol–water partition coefficient (Wildman–Crippen LogP) is 5.35. The topological polar surface area (TPSA) is 52.7 Å². The first kappa shape index (κ1) is 25.8. The number of benzene rings is 2. The van der Waals surface area contributed by atoms with E-state index in [0.29, 0.717) is 31.7 Å². The second kappa shape index (κ2) is 11.6. The zero-order chi connectivity index (χ0) is 24.8. The lowest BCUT2D eigenvalue weighted by molar-refractivity contribution is -0.161. The van der Waals surface area contributed by atoms with Crippen LogP contribution in [0.25, 0.3) is 0 Å². The molecule has 1 N–H and O–H groups in total. The van der Waals surface area contributed by atoms with E-state index < -0.39 is 5.54 Å². The van der Waals surface area contributed by atoms with Crippen LogP contribution in [0.4, 0.5) is 0 Å². The van der Waals surface area contributed by atoms with Gasteiger partial charge in [0, 0.05) is 36.0 Å². The third kappa shape index (κ3) is 6.10. The third-order valence-electron chi connectivity index (χ3n) is 7.24. The molecule has 2 aliphatic heterocycles. The smallest absolute Gasteiger partial charge is 0.246 e. The zero-order valence-corrected chi connectivity index (χ0v) is 22.2. The van der Waals surface area contributed by atoms with Gasteiger partial charge in [-0.25, -0.2) is 0 Å². The van der Waals surface area contributed by atoms with Crippen molar-refractivity contribution in [3.05, 3.63) is 60.2 Å². The standard InChI is InChI=1S/C29H39N3O2S/c1-4-5-17-32-27(33)26(20-22(2)3)30-28(34)29(32)15-18-31(19-16-29)21-23-11-13-25(14-12-23)35-24-9-7-6-8-10-24/h6-14,22,26H,4-5,15-21H2,1-3H3,(H,30,34)/t26-/m0/s1. The van der Waals surface area contributed by atoms with E-state index in [-0.39, 0.29) is 17.9 Å². The number of unbranched alkanes of at least 4 members (excludes halogenated alkanes) is 1. The minimum atomic E-state index is -0.688. The number of amides is 2. The molecule has 4 rings (SSSR count). The molecule has 0 aromatic heterocycles. The Morgan fingerprint density at radius 3 is 2.29 bits per heavy atom. The van der Waals surface area contributed by atoms with Crippen molar-refractivity contribution in [3.63, 3.8) is 0 Å². The van der Waals surface area contributed by atoms with Gasteiger partial charge in [0.1, 0.15) is 11.6 Å². The van der Waals surface area contributed by atoms with Gasteiger partial charge in [-0.3, -0.25) is 14.5 Å². The van der Waals surface area contributed by atoms with E-state index in [4.69, 9.17) is 0 Å². The van der Waals surface area contributed by atoms with Crippen LogP contribution in [0.15, 0.2) is 64.4 Å². The number of piperidine rings is 1. The van der Waals surface area contributed by atoms with Crippen LogP contribution in [0.2, 0.25) is 0 Å². The van der Waals surface area contributed by atoms with E-state index in [9.17, 15) is 9.59 Å². The molecule has 6 heteroatoms. The first-order valence-electron chi connectivity index (χ1n) is 13.1. The fraction of sp³-hybridized carbons (Fsp3) is 0.517. The lowest BCUT2D eigenvalue weighted by Gasteiger charge is -2.52. The molecule has 2 heterocycles. The van der Waals surface area contributed by atoms with Crippen LogP contribution in [-0.2, 0) is 16.1 Å². The van der Waals surface area contributed by atoms with Gasteiger partial charge in [-0.15, -0.1) is 0 Å². The number of hydrogen-bond acceptors (Lipinski definition) is 4. The van der Waals surface area contributed by atoms with Gasteiger partial charge in [-0.05, 0) is 61.4 Å². The van der Waals surface area contributed by atoms with Crippen LogP contribution < -0.4 is 5.32 Å². The maximum Gasteiger partial charge on any atom is 0.246 e. The SMILES string of the molecule is CCCCN1C(=O)[C@H](CC(C)C)NC(=O)C12CCN(Cc1ccc(Sc3ccccc3)cc1)CC2. The van der Waals surface area contributed by atoms with E-state index in [0.717, 1.165) is 32.5 Å².